The summed E-state index contributed by atoms with van der Waals surface area (Å²) in [5.74, 6) is -0.585. The SMILES string of the molecule is CC(C)C[C@@H](CO)NC(=O)[C@H](Cc1c[nH]cn1)NC(=O)C(CCCOCc1ccccc1)Cc1cccc2ccccc12. The first-order valence-electron chi connectivity index (χ1n) is 15.2. The van der Waals surface area contributed by atoms with Crippen LogP contribution in [-0.4, -0.2) is 52.2 Å². The minimum absolute atomic E-state index is 0.167. The van der Waals surface area contributed by atoms with Gasteiger partial charge >= 0.3 is 0 Å². The lowest BCUT2D eigenvalue weighted by molar-refractivity contribution is -0.131. The Balaban J connectivity index is 1.49. The summed E-state index contributed by atoms with van der Waals surface area (Å²) in [4.78, 5) is 34.6. The van der Waals surface area contributed by atoms with Crippen molar-refractivity contribution in [3.63, 3.8) is 0 Å². The zero-order valence-electron chi connectivity index (χ0n) is 25.2. The molecule has 0 saturated carbocycles. The van der Waals surface area contributed by atoms with E-state index in [0.29, 0.717) is 50.5 Å². The van der Waals surface area contributed by atoms with Crippen LogP contribution in [0.5, 0.6) is 0 Å². The van der Waals surface area contributed by atoms with Gasteiger partial charge in [0.1, 0.15) is 6.04 Å². The molecule has 1 aromatic heterocycles. The maximum absolute atomic E-state index is 13.9. The quantitative estimate of drug-likeness (QED) is 0.131. The Hall–Kier alpha value is -4.01. The molecule has 1 heterocycles. The Labute approximate surface area is 254 Å². The van der Waals surface area contributed by atoms with E-state index < -0.39 is 6.04 Å². The van der Waals surface area contributed by atoms with Gasteiger partial charge in [0.25, 0.3) is 0 Å². The van der Waals surface area contributed by atoms with E-state index >= 15 is 0 Å². The summed E-state index contributed by atoms with van der Waals surface area (Å²) < 4.78 is 5.92. The van der Waals surface area contributed by atoms with Gasteiger partial charge in [0.2, 0.25) is 11.8 Å². The lowest BCUT2D eigenvalue weighted by Crippen LogP contribution is -2.53. The second kappa shape index (κ2) is 16.6. The van der Waals surface area contributed by atoms with Crippen LogP contribution >= 0.6 is 0 Å². The Kier molecular flexibility index (Phi) is 12.3. The van der Waals surface area contributed by atoms with Gasteiger partial charge in [-0.2, -0.15) is 0 Å². The summed E-state index contributed by atoms with van der Waals surface area (Å²) in [7, 11) is 0. The topological polar surface area (TPSA) is 116 Å². The number of imidazole rings is 1. The predicted octanol–water partition coefficient (Wildman–Crippen LogP) is 4.97. The number of aromatic nitrogens is 2. The number of hydrogen-bond donors (Lipinski definition) is 4. The molecule has 0 saturated heterocycles. The molecule has 2 amide bonds. The van der Waals surface area contributed by atoms with Crippen LogP contribution in [-0.2, 0) is 33.8 Å². The third-order valence-corrected chi connectivity index (χ3v) is 7.59. The molecule has 4 rings (SSSR count). The Bertz CT molecular complexity index is 1400. The first kappa shape index (κ1) is 31.9. The number of ether oxygens (including phenoxy) is 1. The normalized spacial score (nSPS) is 13.5. The van der Waals surface area contributed by atoms with Gasteiger partial charge in [-0.25, -0.2) is 4.98 Å². The Morgan fingerprint density at radius 3 is 2.44 bits per heavy atom. The smallest absolute Gasteiger partial charge is 0.243 e. The fraction of sp³-hybridized carbons (Fsp3) is 0.400. The van der Waals surface area contributed by atoms with Crippen molar-refractivity contribution >= 4 is 22.6 Å². The second-order valence-corrected chi connectivity index (χ2v) is 11.6. The number of rotatable bonds is 17. The van der Waals surface area contributed by atoms with E-state index in [4.69, 9.17) is 4.74 Å². The molecule has 0 fully saturated rings. The largest absolute Gasteiger partial charge is 0.394 e. The lowest BCUT2D eigenvalue weighted by Gasteiger charge is -2.25. The fourth-order valence-electron chi connectivity index (χ4n) is 5.42. The molecule has 0 aliphatic carbocycles. The summed E-state index contributed by atoms with van der Waals surface area (Å²) in [5, 5.41) is 18.1. The minimum Gasteiger partial charge on any atom is -0.394 e. The first-order valence-corrected chi connectivity index (χ1v) is 15.2. The average molecular weight is 585 g/mol. The number of fused-ring (bicyclic) bond motifs is 1. The monoisotopic (exact) mass is 584 g/mol. The highest BCUT2D eigenvalue weighted by molar-refractivity contribution is 5.90. The van der Waals surface area contributed by atoms with E-state index in [0.717, 1.165) is 21.9 Å². The van der Waals surface area contributed by atoms with Crippen LogP contribution in [0.4, 0.5) is 0 Å². The standard InChI is InChI=1S/C35H44N4O4/c1-25(2)18-31(22-40)38-35(42)33(20-30-21-36-24-37-30)39-34(41)29(15-9-17-43-23-26-10-4-3-5-11-26)19-28-14-8-13-27-12-6-7-16-32(27)28/h3-8,10-14,16,21,24-25,29,31,33,40H,9,15,17-20,22-23H2,1-2H3,(H,36,37)(H,38,42)(H,39,41)/t29?,31-,33-/m0/s1. The number of H-pyrrole nitrogens is 1. The van der Waals surface area contributed by atoms with Gasteiger partial charge in [0.05, 0.1) is 31.3 Å². The van der Waals surface area contributed by atoms with Gasteiger partial charge in [0, 0.05) is 25.1 Å². The third kappa shape index (κ3) is 10.0. The van der Waals surface area contributed by atoms with Crippen molar-refractivity contribution < 1.29 is 19.4 Å². The Morgan fingerprint density at radius 2 is 1.70 bits per heavy atom. The van der Waals surface area contributed by atoms with Crippen molar-refractivity contribution in [1.29, 1.82) is 0 Å². The van der Waals surface area contributed by atoms with E-state index in [2.05, 4.69) is 44.9 Å². The number of carbonyl (C=O) groups excluding carboxylic acids is 2. The predicted molar refractivity (Wildman–Crippen MR) is 169 cm³/mol. The van der Waals surface area contributed by atoms with Gasteiger partial charge in [-0.15, -0.1) is 0 Å². The van der Waals surface area contributed by atoms with Crippen LogP contribution in [0.2, 0.25) is 0 Å². The molecule has 0 spiro atoms. The molecule has 4 N–H and O–H groups in total. The molecule has 3 aromatic carbocycles. The van der Waals surface area contributed by atoms with Crippen molar-refractivity contribution in [2.24, 2.45) is 11.8 Å². The highest BCUT2D eigenvalue weighted by Gasteiger charge is 2.28. The zero-order chi connectivity index (χ0) is 30.4. The molecular weight excluding hydrogens is 540 g/mol. The van der Waals surface area contributed by atoms with Crippen LogP contribution in [0.1, 0.15) is 49.9 Å². The van der Waals surface area contributed by atoms with E-state index in [9.17, 15) is 14.7 Å². The van der Waals surface area contributed by atoms with Crippen molar-refractivity contribution in [1.82, 2.24) is 20.6 Å². The number of benzene rings is 3. The van der Waals surface area contributed by atoms with E-state index in [1.54, 1.807) is 12.5 Å². The minimum atomic E-state index is -0.832. The van der Waals surface area contributed by atoms with Crippen molar-refractivity contribution in [2.45, 2.75) is 64.6 Å². The lowest BCUT2D eigenvalue weighted by atomic mass is 9.90. The fourth-order valence-corrected chi connectivity index (χ4v) is 5.42. The number of hydrogen-bond acceptors (Lipinski definition) is 5. The molecule has 0 aliphatic rings. The van der Waals surface area contributed by atoms with Crippen molar-refractivity contribution in [2.75, 3.05) is 13.2 Å². The summed E-state index contributed by atoms with van der Waals surface area (Å²) in [6, 6.07) is 23.1. The maximum Gasteiger partial charge on any atom is 0.243 e. The number of aromatic amines is 1. The number of nitrogens with one attached hydrogen (secondary N) is 3. The van der Waals surface area contributed by atoms with Crippen LogP contribution in [0.3, 0.4) is 0 Å². The molecule has 0 aliphatic heterocycles. The second-order valence-electron chi connectivity index (χ2n) is 11.6. The number of carbonyl (C=O) groups is 2. The molecule has 8 nitrogen and oxygen atoms in total. The molecule has 4 aromatic rings. The number of aliphatic hydroxyl groups excluding tert-OH is 1. The van der Waals surface area contributed by atoms with Crippen LogP contribution in [0, 0.1) is 11.8 Å². The molecule has 1 unspecified atom stereocenters. The molecule has 0 bridgehead atoms. The van der Waals surface area contributed by atoms with Crippen LogP contribution in [0.25, 0.3) is 10.8 Å². The maximum atomic E-state index is 13.9. The van der Waals surface area contributed by atoms with Crippen LogP contribution < -0.4 is 10.6 Å². The van der Waals surface area contributed by atoms with Gasteiger partial charge in [-0.05, 0) is 53.5 Å². The number of nitrogens with zero attached hydrogens (tertiary/aromatic N) is 1. The summed E-state index contributed by atoms with van der Waals surface area (Å²) in [5.41, 5.74) is 2.87. The van der Waals surface area contributed by atoms with E-state index in [1.807, 2.05) is 62.4 Å². The number of aliphatic hydroxyl groups is 1. The highest BCUT2D eigenvalue weighted by atomic mass is 16.5. The molecule has 43 heavy (non-hydrogen) atoms. The average Bonchev–Trinajstić information content (AvgIpc) is 3.53. The molecular formula is C35H44N4O4. The molecule has 228 valence electrons. The third-order valence-electron chi connectivity index (χ3n) is 7.59. The van der Waals surface area contributed by atoms with Gasteiger partial charge in [-0.3, -0.25) is 9.59 Å². The Morgan fingerprint density at radius 1 is 0.930 bits per heavy atom. The first-order chi connectivity index (χ1) is 20.9. The van der Waals surface area contributed by atoms with E-state index in [1.165, 1.54) is 0 Å². The summed E-state index contributed by atoms with van der Waals surface area (Å²) in [6.07, 6.45) is 6.00. The van der Waals surface area contributed by atoms with Crippen molar-refractivity contribution in [3.05, 3.63) is 102 Å². The zero-order valence-corrected chi connectivity index (χ0v) is 25.2. The van der Waals surface area contributed by atoms with E-state index in [-0.39, 0.29) is 36.8 Å². The summed E-state index contributed by atoms with van der Waals surface area (Å²) in [6.45, 7) is 4.96. The van der Waals surface area contributed by atoms with Crippen molar-refractivity contribution in [3.8, 4) is 0 Å². The summed E-state index contributed by atoms with van der Waals surface area (Å²) >= 11 is 0. The van der Waals surface area contributed by atoms with Gasteiger partial charge in [-0.1, -0.05) is 86.6 Å². The van der Waals surface area contributed by atoms with Gasteiger partial charge in [0.15, 0.2) is 0 Å². The number of amides is 2. The van der Waals surface area contributed by atoms with Gasteiger partial charge < -0.3 is 25.5 Å². The van der Waals surface area contributed by atoms with Crippen LogP contribution in [0.15, 0.2) is 85.3 Å². The molecule has 3 atom stereocenters. The highest BCUT2D eigenvalue weighted by Crippen LogP contribution is 2.24. The molecule has 0 radical (unpaired) electrons. The molecule has 8 heteroatoms.